The van der Waals surface area contributed by atoms with Crippen LogP contribution in [0.2, 0.25) is 0 Å². The number of hydrogen-bond acceptors (Lipinski definition) is 5. The summed E-state index contributed by atoms with van der Waals surface area (Å²) in [5.41, 5.74) is 1.02. The van der Waals surface area contributed by atoms with Gasteiger partial charge in [0.15, 0.2) is 0 Å². The molecule has 29 heavy (non-hydrogen) atoms. The molecule has 0 aliphatic rings. The maximum Gasteiger partial charge on any atom is 0.421 e. The molecule has 0 fully saturated rings. The van der Waals surface area contributed by atoms with Crippen molar-refractivity contribution >= 4 is 23.3 Å². The van der Waals surface area contributed by atoms with Crippen molar-refractivity contribution in [3.63, 3.8) is 0 Å². The van der Waals surface area contributed by atoms with E-state index in [1.807, 2.05) is 6.07 Å². The van der Waals surface area contributed by atoms with Crippen LogP contribution in [0.25, 0.3) is 4.85 Å². The molecule has 3 rings (SSSR count). The molecule has 2 N–H and O–H groups in total. The van der Waals surface area contributed by atoms with Crippen molar-refractivity contribution in [1.29, 1.82) is 0 Å². The third-order valence-corrected chi connectivity index (χ3v) is 4.19. The second-order valence-electron chi connectivity index (χ2n) is 6.32. The second kappa shape index (κ2) is 7.83. The number of rotatable bonds is 6. The van der Waals surface area contributed by atoms with Gasteiger partial charge in [0, 0.05) is 26.0 Å². The molecule has 0 saturated heterocycles. The van der Waals surface area contributed by atoms with Crippen molar-refractivity contribution < 1.29 is 13.2 Å². The Morgan fingerprint density at radius 2 is 2.07 bits per heavy atom. The van der Waals surface area contributed by atoms with E-state index in [9.17, 15) is 13.2 Å². The average molecular weight is 404 g/mol. The highest BCUT2D eigenvalue weighted by atomic mass is 19.4. The smallest absolute Gasteiger partial charge is 0.370 e. The molecule has 0 atom stereocenters. The summed E-state index contributed by atoms with van der Waals surface area (Å²) in [5, 5.41) is 9.83. The van der Waals surface area contributed by atoms with Crippen LogP contribution in [-0.2, 0) is 19.8 Å². The predicted molar refractivity (Wildman–Crippen MR) is 102 cm³/mol. The number of hydrogen-bond donors (Lipinski definition) is 2. The minimum Gasteiger partial charge on any atom is -0.370 e. The van der Waals surface area contributed by atoms with Crippen molar-refractivity contribution in [2.45, 2.75) is 26.6 Å². The third-order valence-electron chi connectivity index (χ3n) is 4.19. The van der Waals surface area contributed by atoms with Crippen LogP contribution in [0.3, 0.4) is 0 Å². The molecule has 11 heteroatoms. The first-order valence-corrected chi connectivity index (χ1v) is 8.73. The topological polar surface area (TPSA) is 77.0 Å². The molecule has 8 nitrogen and oxygen atoms in total. The normalized spacial score (nSPS) is 11.3. The van der Waals surface area contributed by atoms with Crippen molar-refractivity contribution in [1.82, 2.24) is 24.3 Å². The summed E-state index contributed by atoms with van der Waals surface area (Å²) in [6.07, 6.45) is -0.315. The number of nitrogens with zero attached hydrogens (tertiary/aromatic N) is 6. The third kappa shape index (κ3) is 4.31. The lowest BCUT2D eigenvalue weighted by Crippen LogP contribution is -2.14. The van der Waals surface area contributed by atoms with Crippen LogP contribution in [0.15, 0.2) is 24.7 Å². The van der Waals surface area contributed by atoms with Gasteiger partial charge >= 0.3 is 6.18 Å². The van der Waals surface area contributed by atoms with Crippen LogP contribution in [0.1, 0.15) is 23.7 Å². The molecule has 0 unspecified atom stereocenters. The maximum atomic E-state index is 13.1. The lowest BCUT2D eigenvalue weighted by Gasteiger charge is -2.13. The Kier molecular flexibility index (Phi) is 5.45. The van der Waals surface area contributed by atoms with Crippen LogP contribution >= 0.6 is 0 Å². The largest absolute Gasteiger partial charge is 0.421 e. The fourth-order valence-corrected chi connectivity index (χ4v) is 2.84. The molecule has 0 radical (unpaired) electrons. The molecule has 0 aromatic carbocycles. The summed E-state index contributed by atoms with van der Waals surface area (Å²) < 4.78 is 42.8. The molecular formula is C18H19F3N8. The zero-order valence-electron chi connectivity index (χ0n) is 16.0. The molecule has 152 valence electrons. The van der Waals surface area contributed by atoms with Gasteiger partial charge in [-0.1, -0.05) is 6.57 Å². The molecule has 0 spiro atoms. The molecular weight excluding hydrogens is 385 g/mol. The Balaban J connectivity index is 1.92. The van der Waals surface area contributed by atoms with E-state index in [2.05, 4.69) is 30.5 Å². The first-order valence-electron chi connectivity index (χ1n) is 8.73. The quantitative estimate of drug-likeness (QED) is 0.605. The van der Waals surface area contributed by atoms with Gasteiger partial charge in [-0.2, -0.15) is 23.3 Å². The van der Waals surface area contributed by atoms with E-state index < -0.39 is 11.7 Å². The van der Waals surface area contributed by atoms with E-state index in [0.29, 0.717) is 23.6 Å². The van der Waals surface area contributed by atoms with E-state index >= 15 is 0 Å². The van der Waals surface area contributed by atoms with Gasteiger partial charge in [0.2, 0.25) is 11.8 Å². The van der Waals surface area contributed by atoms with Gasteiger partial charge in [0.1, 0.15) is 23.6 Å². The zero-order chi connectivity index (χ0) is 21.2. The van der Waals surface area contributed by atoms with Gasteiger partial charge in [0.05, 0.1) is 11.9 Å². The molecule has 0 amide bonds. The van der Waals surface area contributed by atoms with Crippen LogP contribution in [0.5, 0.6) is 0 Å². The average Bonchev–Trinajstić information content (AvgIpc) is 3.18. The highest BCUT2D eigenvalue weighted by molar-refractivity contribution is 5.68. The van der Waals surface area contributed by atoms with E-state index in [0.717, 1.165) is 11.9 Å². The monoisotopic (exact) mass is 404 g/mol. The molecule has 0 aliphatic heterocycles. The lowest BCUT2D eigenvalue weighted by atomic mass is 10.3. The van der Waals surface area contributed by atoms with E-state index in [1.54, 1.807) is 42.5 Å². The summed E-state index contributed by atoms with van der Waals surface area (Å²) in [7, 11) is 1.80. The lowest BCUT2D eigenvalue weighted by molar-refractivity contribution is -0.137. The summed E-state index contributed by atoms with van der Waals surface area (Å²) in [5.74, 6) is 0.106. The fourth-order valence-electron chi connectivity index (χ4n) is 2.84. The van der Waals surface area contributed by atoms with Gasteiger partial charge in [0.25, 0.3) is 0 Å². The number of halogens is 3. The van der Waals surface area contributed by atoms with Crippen molar-refractivity contribution in [2.24, 2.45) is 7.05 Å². The van der Waals surface area contributed by atoms with E-state index in [-0.39, 0.29) is 18.3 Å². The number of aromatic nitrogens is 5. The standard InChI is InChI=1S/C18H19F3N8/c1-5-23-15-13(18(19,20)21)8-24-17(26-15)25-14-10-29(16(22-3)11(14)2)9-12-6-7-28(4)27-12/h6-8,10H,5,9H2,1-2,4H3,(H2,23,24,25,26). The number of anilines is 3. The molecule has 0 saturated carbocycles. The fraction of sp³-hybridized carbons (Fsp3) is 0.333. The zero-order valence-corrected chi connectivity index (χ0v) is 16.0. The summed E-state index contributed by atoms with van der Waals surface area (Å²) >= 11 is 0. The second-order valence-corrected chi connectivity index (χ2v) is 6.32. The molecule has 0 aliphatic carbocycles. The Labute approximate surface area is 165 Å². The summed E-state index contributed by atoms with van der Waals surface area (Å²) in [6, 6.07) is 1.85. The van der Waals surface area contributed by atoms with Crippen LogP contribution < -0.4 is 10.6 Å². The van der Waals surface area contributed by atoms with Crippen molar-refractivity contribution in [3.8, 4) is 0 Å². The highest BCUT2D eigenvalue weighted by Crippen LogP contribution is 2.35. The summed E-state index contributed by atoms with van der Waals surface area (Å²) in [4.78, 5) is 11.3. The van der Waals surface area contributed by atoms with E-state index in [4.69, 9.17) is 6.57 Å². The minimum absolute atomic E-state index is 0.00330. The maximum absolute atomic E-state index is 13.1. The minimum atomic E-state index is -4.56. The first-order chi connectivity index (χ1) is 13.7. The Bertz CT molecular complexity index is 1060. The Morgan fingerprint density at radius 1 is 1.31 bits per heavy atom. The molecule has 3 heterocycles. The van der Waals surface area contributed by atoms with Gasteiger partial charge in [-0.15, -0.1) is 0 Å². The predicted octanol–water partition coefficient (Wildman–Crippen LogP) is 4.11. The molecule has 3 aromatic rings. The summed E-state index contributed by atoms with van der Waals surface area (Å²) in [6.45, 7) is 11.6. The van der Waals surface area contributed by atoms with Crippen LogP contribution in [-0.4, -0.2) is 30.9 Å². The van der Waals surface area contributed by atoms with Crippen LogP contribution in [0.4, 0.5) is 36.4 Å². The molecule has 3 aromatic heterocycles. The number of aryl methyl sites for hydroxylation is 1. The van der Waals surface area contributed by atoms with Crippen molar-refractivity contribution in [3.05, 3.63) is 52.9 Å². The Morgan fingerprint density at radius 3 is 2.66 bits per heavy atom. The SMILES string of the molecule is [C-]#[N+]c1c(C)c(Nc2ncc(C(F)(F)F)c(NCC)n2)cn1Cc1ccn(C)n1. The highest BCUT2D eigenvalue weighted by Gasteiger charge is 2.35. The first kappa shape index (κ1) is 20.2. The van der Waals surface area contributed by atoms with Crippen molar-refractivity contribution in [2.75, 3.05) is 17.2 Å². The van der Waals surface area contributed by atoms with Gasteiger partial charge in [-0.3, -0.25) is 9.25 Å². The number of alkyl halides is 3. The van der Waals surface area contributed by atoms with Gasteiger partial charge < -0.3 is 15.5 Å². The van der Waals surface area contributed by atoms with Crippen LogP contribution in [0, 0.1) is 13.5 Å². The van der Waals surface area contributed by atoms with Gasteiger partial charge in [-0.05, 0) is 25.5 Å². The molecule has 0 bridgehead atoms. The van der Waals surface area contributed by atoms with E-state index in [1.165, 1.54) is 0 Å². The Hall–Kier alpha value is -3.55. The van der Waals surface area contributed by atoms with Gasteiger partial charge in [-0.25, -0.2) is 4.98 Å². The number of nitrogens with one attached hydrogen (secondary N) is 2.